The van der Waals surface area contributed by atoms with E-state index in [-0.39, 0.29) is 18.3 Å². The normalized spacial score (nSPS) is 14.3. The van der Waals surface area contributed by atoms with Crippen molar-refractivity contribution in [3.63, 3.8) is 0 Å². The van der Waals surface area contributed by atoms with Crippen LogP contribution in [-0.2, 0) is 11.3 Å². The maximum absolute atomic E-state index is 11.9. The minimum atomic E-state index is 0. The Balaban J connectivity index is 0.00000200. The number of para-hydroxylation sites is 1. The molecule has 0 saturated carbocycles. The summed E-state index contributed by atoms with van der Waals surface area (Å²) in [5, 5.41) is 6.13. The number of hydrogen-bond donors (Lipinski definition) is 2. The van der Waals surface area contributed by atoms with E-state index in [9.17, 15) is 4.79 Å². The molecule has 1 fully saturated rings. The fourth-order valence-corrected chi connectivity index (χ4v) is 2.04. The second-order valence-electron chi connectivity index (χ2n) is 4.82. The van der Waals surface area contributed by atoms with Gasteiger partial charge in [-0.3, -0.25) is 9.69 Å². The summed E-state index contributed by atoms with van der Waals surface area (Å²) in [5.41, 5.74) is 0.992. The number of ether oxygens (including phenoxy) is 1. The molecule has 1 saturated heterocycles. The summed E-state index contributed by atoms with van der Waals surface area (Å²) in [6, 6.07) is 8.20. The maximum Gasteiger partial charge on any atom is 0.234 e. The molecule has 112 valence electrons. The molecule has 0 bridgehead atoms. The Hall–Kier alpha value is -1.30. The number of rotatable bonds is 6. The molecule has 1 aliphatic heterocycles. The number of nitrogens with zero attached hydrogens (tertiary/aromatic N) is 1. The first-order valence-corrected chi connectivity index (χ1v) is 6.50. The first-order chi connectivity index (χ1) is 9.20. The van der Waals surface area contributed by atoms with Crippen molar-refractivity contribution in [3.8, 4) is 5.75 Å². The SMILES string of the molecule is COc1ccccc1CNC(=O)CN(C)C1CNC1.Cl. The number of benzene rings is 1. The van der Waals surface area contributed by atoms with Gasteiger partial charge in [0.25, 0.3) is 0 Å². The zero-order valence-electron chi connectivity index (χ0n) is 11.9. The van der Waals surface area contributed by atoms with E-state index in [1.165, 1.54) is 0 Å². The Morgan fingerprint density at radius 2 is 2.15 bits per heavy atom. The van der Waals surface area contributed by atoms with Gasteiger partial charge in [-0.15, -0.1) is 12.4 Å². The lowest BCUT2D eigenvalue weighted by atomic mass is 10.1. The van der Waals surface area contributed by atoms with Gasteiger partial charge in [0, 0.05) is 31.2 Å². The number of methoxy groups -OCH3 is 1. The van der Waals surface area contributed by atoms with Crippen LogP contribution in [0.4, 0.5) is 0 Å². The van der Waals surface area contributed by atoms with Crippen LogP contribution in [0.3, 0.4) is 0 Å². The Bertz CT molecular complexity index is 438. The molecule has 0 radical (unpaired) electrons. The standard InChI is InChI=1S/C14H21N3O2.ClH/c1-17(12-8-15-9-12)10-14(18)16-7-11-5-3-4-6-13(11)19-2;/h3-6,12,15H,7-10H2,1-2H3,(H,16,18);1H. The van der Waals surface area contributed by atoms with E-state index in [0.29, 0.717) is 19.1 Å². The molecule has 6 heteroatoms. The topological polar surface area (TPSA) is 53.6 Å². The van der Waals surface area contributed by atoms with Crippen molar-refractivity contribution >= 4 is 18.3 Å². The van der Waals surface area contributed by atoms with Gasteiger partial charge in [-0.1, -0.05) is 18.2 Å². The van der Waals surface area contributed by atoms with Gasteiger partial charge in [-0.25, -0.2) is 0 Å². The molecule has 0 spiro atoms. The van der Waals surface area contributed by atoms with Crippen LogP contribution in [0.2, 0.25) is 0 Å². The molecule has 1 aromatic carbocycles. The first-order valence-electron chi connectivity index (χ1n) is 6.50. The number of halogens is 1. The molecule has 0 aromatic heterocycles. The second kappa shape index (κ2) is 8.09. The van der Waals surface area contributed by atoms with Crippen LogP contribution in [0.5, 0.6) is 5.75 Å². The van der Waals surface area contributed by atoms with Gasteiger partial charge in [0.1, 0.15) is 5.75 Å². The van der Waals surface area contributed by atoms with Gasteiger partial charge in [-0.2, -0.15) is 0 Å². The number of likely N-dealkylation sites (N-methyl/N-ethyl adjacent to an activating group) is 1. The zero-order chi connectivity index (χ0) is 13.7. The van der Waals surface area contributed by atoms with Gasteiger partial charge < -0.3 is 15.4 Å². The van der Waals surface area contributed by atoms with E-state index < -0.39 is 0 Å². The van der Waals surface area contributed by atoms with Crippen molar-refractivity contribution in [2.24, 2.45) is 0 Å². The third kappa shape index (κ3) is 4.37. The van der Waals surface area contributed by atoms with Crippen molar-refractivity contribution in [3.05, 3.63) is 29.8 Å². The molecule has 1 amide bonds. The molecule has 1 aliphatic rings. The second-order valence-corrected chi connectivity index (χ2v) is 4.82. The van der Waals surface area contributed by atoms with Gasteiger partial charge in [0.2, 0.25) is 5.91 Å². The molecule has 1 heterocycles. The van der Waals surface area contributed by atoms with E-state index in [1.54, 1.807) is 7.11 Å². The minimum absolute atomic E-state index is 0. The Labute approximate surface area is 126 Å². The molecule has 1 aromatic rings. The van der Waals surface area contributed by atoms with Crippen molar-refractivity contribution in [1.82, 2.24) is 15.5 Å². The third-order valence-electron chi connectivity index (χ3n) is 3.44. The summed E-state index contributed by atoms with van der Waals surface area (Å²) in [6.45, 7) is 2.87. The van der Waals surface area contributed by atoms with Crippen LogP contribution in [0.1, 0.15) is 5.56 Å². The first kappa shape index (κ1) is 16.8. The fraction of sp³-hybridized carbons (Fsp3) is 0.500. The average Bonchev–Trinajstić information content (AvgIpc) is 2.34. The van der Waals surface area contributed by atoms with Gasteiger partial charge in [-0.05, 0) is 13.1 Å². The summed E-state index contributed by atoms with van der Waals surface area (Å²) in [5.74, 6) is 0.847. The molecule has 0 unspecified atom stereocenters. The third-order valence-corrected chi connectivity index (χ3v) is 3.44. The summed E-state index contributed by atoms with van der Waals surface area (Å²) >= 11 is 0. The zero-order valence-corrected chi connectivity index (χ0v) is 12.7. The lowest BCUT2D eigenvalue weighted by Crippen LogP contribution is -2.57. The van der Waals surface area contributed by atoms with E-state index in [0.717, 1.165) is 24.4 Å². The van der Waals surface area contributed by atoms with Crippen molar-refractivity contribution in [2.45, 2.75) is 12.6 Å². The van der Waals surface area contributed by atoms with Gasteiger partial charge in [0.15, 0.2) is 0 Å². The monoisotopic (exact) mass is 299 g/mol. The summed E-state index contributed by atoms with van der Waals surface area (Å²) in [6.07, 6.45) is 0. The highest BCUT2D eigenvalue weighted by atomic mass is 35.5. The number of amides is 1. The Morgan fingerprint density at radius 1 is 1.45 bits per heavy atom. The fourth-order valence-electron chi connectivity index (χ4n) is 2.04. The molecule has 2 N–H and O–H groups in total. The predicted molar refractivity (Wildman–Crippen MR) is 81.4 cm³/mol. The number of carbonyl (C=O) groups excluding carboxylic acids is 1. The van der Waals surface area contributed by atoms with Crippen LogP contribution in [0, 0.1) is 0 Å². The molecule has 2 rings (SSSR count). The number of carbonyl (C=O) groups is 1. The number of hydrogen-bond acceptors (Lipinski definition) is 4. The van der Waals surface area contributed by atoms with Crippen molar-refractivity contribution < 1.29 is 9.53 Å². The lowest BCUT2D eigenvalue weighted by molar-refractivity contribution is -0.122. The molecule has 0 atom stereocenters. The lowest BCUT2D eigenvalue weighted by Gasteiger charge is -2.35. The molecule has 20 heavy (non-hydrogen) atoms. The average molecular weight is 300 g/mol. The summed E-state index contributed by atoms with van der Waals surface area (Å²) in [4.78, 5) is 13.9. The highest BCUT2D eigenvalue weighted by molar-refractivity contribution is 5.85. The maximum atomic E-state index is 11.9. The van der Waals surface area contributed by atoms with E-state index in [4.69, 9.17) is 4.74 Å². The minimum Gasteiger partial charge on any atom is -0.496 e. The van der Waals surface area contributed by atoms with Crippen LogP contribution in [0.15, 0.2) is 24.3 Å². The van der Waals surface area contributed by atoms with Crippen LogP contribution in [-0.4, -0.2) is 50.6 Å². The Kier molecular flexibility index (Phi) is 6.78. The van der Waals surface area contributed by atoms with E-state index in [1.807, 2.05) is 31.3 Å². The van der Waals surface area contributed by atoms with Crippen molar-refractivity contribution in [2.75, 3.05) is 33.8 Å². The Morgan fingerprint density at radius 3 is 2.75 bits per heavy atom. The van der Waals surface area contributed by atoms with Crippen molar-refractivity contribution in [1.29, 1.82) is 0 Å². The van der Waals surface area contributed by atoms with Gasteiger partial charge in [0.05, 0.1) is 13.7 Å². The molecular formula is C14H22ClN3O2. The number of nitrogens with one attached hydrogen (secondary N) is 2. The van der Waals surface area contributed by atoms with E-state index in [2.05, 4.69) is 15.5 Å². The molecular weight excluding hydrogens is 278 g/mol. The summed E-state index contributed by atoms with van der Waals surface area (Å²) in [7, 11) is 3.62. The highest BCUT2D eigenvalue weighted by Gasteiger charge is 2.22. The predicted octanol–water partition coefficient (Wildman–Crippen LogP) is 0.637. The van der Waals surface area contributed by atoms with Crippen LogP contribution in [0.25, 0.3) is 0 Å². The molecule has 0 aliphatic carbocycles. The smallest absolute Gasteiger partial charge is 0.234 e. The molecule has 5 nitrogen and oxygen atoms in total. The summed E-state index contributed by atoms with van der Waals surface area (Å²) < 4.78 is 5.25. The highest BCUT2D eigenvalue weighted by Crippen LogP contribution is 2.16. The van der Waals surface area contributed by atoms with Gasteiger partial charge >= 0.3 is 0 Å². The van der Waals surface area contributed by atoms with Crippen LogP contribution >= 0.6 is 12.4 Å². The quantitative estimate of drug-likeness (QED) is 0.809. The van der Waals surface area contributed by atoms with E-state index >= 15 is 0 Å². The largest absolute Gasteiger partial charge is 0.496 e. The van der Waals surface area contributed by atoms with Crippen LogP contribution < -0.4 is 15.4 Å².